The van der Waals surface area contributed by atoms with Gasteiger partial charge in [0.05, 0.1) is 5.75 Å². The van der Waals surface area contributed by atoms with Crippen LogP contribution in [0.25, 0.3) is 11.4 Å². The summed E-state index contributed by atoms with van der Waals surface area (Å²) in [4.78, 5) is 15.2. The monoisotopic (exact) mass is 418 g/mol. The van der Waals surface area contributed by atoms with Crippen molar-refractivity contribution in [3.63, 3.8) is 0 Å². The normalized spacial score (nSPS) is 22.2. The third kappa shape index (κ3) is 4.38. The molecule has 5 nitrogen and oxygen atoms in total. The zero-order valence-corrected chi connectivity index (χ0v) is 18.0. The Bertz CT molecular complexity index is 825. The van der Waals surface area contributed by atoms with Gasteiger partial charge in [0.25, 0.3) is 0 Å². The summed E-state index contributed by atoms with van der Waals surface area (Å²) in [5, 5.41) is 10.1. The second-order valence-electron chi connectivity index (χ2n) is 8.11. The predicted octanol–water partition coefficient (Wildman–Crippen LogP) is 4.80. The maximum absolute atomic E-state index is 13.0. The second kappa shape index (κ2) is 8.46. The van der Waals surface area contributed by atoms with Crippen molar-refractivity contribution in [2.45, 2.75) is 62.7 Å². The summed E-state index contributed by atoms with van der Waals surface area (Å²) in [6.45, 7) is 2.32. The van der Waals surface area contributed by atoms with E-state index in [4.69, 9.17) is 11.6 Å². The fourth-order valence-electron chi connectivity index (χ4n) is 4.07. The molecule has 7 heteroatoms. The van der Waals surface area contributed by atoms with Crippen LogP contribution in [0, 0.1) is 5.92 Å². The highest BCUT2D eigenvalue weighted by Gasteiger charge is 2.38. The van der Waals surface area contributed by atoms with E-state index in [9.17, 15) is 4.79 Å². The van der Waals surface area contributed by atoms with Crippen molar-refractivity contribution in [1.29, 1.82) is 0 Å². The van der Waals surface area contributed by atoms with E-state index >= 15 is 0 Å². The number of amides is 1. The van der Waals surface area contributed by atoms with E-state index in [1.54, 1.807) is 0 Å². The van der Waals surface area contributed by atoms with Crippen LogP contribution in [0.15, 0.2) is 29.4 Å². The van der Waals surface area contributed by atoms with Gasteiger partial charge in [-0.1, -0.05) is 30.3 Å². The summed E-state index contributed by atoms with van der Waals surface area (Å²) >= 11 is 7.46. The Morgan fingerprint density at radius 2 is 1.71 bits per heavy atom. The number of carbonyl (C=O) groups is 1. The van der Waals surface area contributed by atoms with Crippen molar-refractivity contribution < 1.29 is 4.79 Å². The number of thioether (sulfide) groups is 1. The predicted molar refractivity (Wildman–Crippen MR) is 113 cm³/mol. The average Bonchev–Trinajstić information content (AvgIpc) is 3.45. The minimum Gasteiger partial charge on any atom is -0.336 e. The molecule has 0 radical (unpaired) electrons. The standard InChI is InChI=1S/C21H27ClN4OS/c1-14-3-9-17(10-4-14)26(18-11-12-18)19(27)13-28-21-24-23-20(25(21)2)15-5-7-16(22)8-6-15/h5-8,14,17-18H,3-4,9-13H2,1-2H3. The summed E-state index contributed by atoms with van der Waals surface area (Å²) in [7, 11) is 1.94. The molecular formula is C21H27ClN4OS. The number of hydrogen-bond acceptors (Lipinski definition) is 4. The lowest BCUT2D eigenvalue weighted by molar-refractivity contribution is -0.132. The fraction of sp³-hybridized carbons (Fsp3) is 0.571. The molecule has 2 aliphatic carbocycles. The summed E-state index contributed by atoms with van der Waals surface area (Å²) in [6.07, 6.45) is 7.10. The maximum Gasteiger partial charge on any atom is 0.233 e. The van der Waals surface area contributed by atoms with E-state index in [-0.39, 0.29) is 5.91 Å². The molecule has 1 heterocycles. The first-order valence-corrected chi connectivity index (χ1v) is 11.5. The van der Waals surface area contributed by atoms with Crippen LogP contribution in [0.4, 0.5) is 0 Å². The molecule has 4 rings (SSSR count). The van der Waals surface area contributed by atoms with Crippen molar-refractivity contribution in [2.24, 2.45) is 13.0 Å². The molecule has 0 spiro atoms. The van der Waals surface area contributed by atoms with Gasteiger partial charge in [0.2, 0.25) is 5.91 Å². The number of rotatable bonds is 6. The third-order valence-electron chi connectivity index (χ3n) is 5.87. The van der Waals surface area contributed by atoms with E-state index in [2.05, 4.69) is 22.0 Å². The van der Waals surface area contributed by atoms with Crippen LogP contribution in [-0.4, -0.2) is 43.4 Å². The summed E-state index contributed by atoms with van der Waals surface area (Å²) in [6, 6.07) is 8.47. The number of nitrogens with zero attached hydrogens (tertiary/aromatic N) is 4. The molecule has 0 saturated heterocycles. The summed E-state index contributed by atoms with van der Waals surface area (Å²) < 4.78 is 1.95. The SMILES string of the molecule is CC1CCC(N(C(=O)CSc2nnc(-c3ccc(Cl)cc3)n2C)C2CC2)CC1. The van der Waals surface area contributed by atoms with Gasteiger partial charge in [-0.15, -0.1) is 10.2 Å². The molecule has 2 aliphatic rings. The van der Waals surface area contributed by atoms with Crippen LogP contribution < -0.4 is 0 Å². The number of hydrogen-bond donors (Lipinski definition) is 0. The molecule has 0 atom stereocenters. The Balaban J connectivity index is 1.41. The van der Waals surface area contributed by atoms with Gasteiger partial charge in [-0.2, -0.15) is 0 Å². The largest absolute Gasteiger partial charge is 0.336 e. The maximum atomic E-state index is 13.0. The number of carbonyl (C=O) groups excluding carboxylic acids is 1. The molecule has 28 heavy (non-hydrogen) atoms. The van der Waals surface area contributed by atoms with Gasteiger partial charge in [-0.25, -0.2) is 0 Å². The van der Waals surface area contributed by atoms with Crippen molar-refractivity contribution in [3.8, 4) is 11.4 Å². The third-order valence-corrected chi connectivity index (χ3v) is 7.13. The number of benzene rings is 1. The quantitative estimate of drug-likeness (QED) is 0.632. The summed E-state index contributed by atoms with van der Waals surface area (Å²) in [5.41, 5.74) is 0.966. The van der Waals surface area contributed by atoms with Gasteiger partial charge in [0, 0.05) is 29.7 Å². The number of aromatic nitrogens is 3. The molecular weight excluding hydrogens is 392 g/mol. The van der Waals surface area contributed by atoms with Gasteiger partial charge in [-0.3, -0.25) is 4.79 Å². The zero-order valence-electron chi connectivity index (χ0n) is 16.5. The van der Waals surface area contributed by atoms with Crippen LogP contribution in [0.2, 0.25) is 5.02 Å². The van der Waals surface area contributed by atoms with Crippen LogP contribution in [0.3, 0.4) is 0 Å². The first-order valence-electron chi connectivity index (χ1n) is 10.1. The molecule has 1 amide bonds. The van der Waals surface area contributed by atoms with Gasteiger partial charge < -0.3 is 9.47 Å². The molecule has 2 saturated carbocycles. The zero-order chi connectivity index (χ0) is 19.7. The lowest BCUT2D eigenvalue weighted by Crippen LogP contribution is -2.44. The van der Waals surface area contributed by atoms with Gasteiger partial charge >= 0.3 is 0 Å². The van der Waals surface area contributed by atoms with Gasteiger partial charge in [0.15, 0.2) is 11.0 Å². The first-order chi connectivity index (χ1) is 13.5. The van der Waals surface area contributed by atoms with Crippen molar-refractivity contribution in [3.05, 3.63) is 29.3 Å². The van der Waals surface area contributed by atoms with Crippen LogP contribution in [-0.2, 0) is 11.8 Å². The smallest absolute Gasteiger partial charge is 0.233 e. The topological polar surface area (TPSA) is 51.0 Å². The van der Waals surface area contributed by atoms with E-state index in [0.717, 1.165) is 48.1 Å². The van der Waals surface area contributed by atoms with Crippen molar-refractivity contribution >= 4 is 29.3 Å². The van der Waals surface area contributed by atoms with E-state index in [0.29, 0.717) is 22.9 Å². The van der Waals surface area contributed by atoms with E-state index in [1.165, 1.54) is 24.6 Å². The molecule has 2 aromatic rings. The molecule has 1 aromatic carbocycles. The molecule has 150 valence electrons. The lowest BCUT2D eigenvalue weighted by atomic mass is 9.86. The molecule has 0 bridgehead atoms. The Morgan fingerprint density at radius 1 is 1.11 bits per heavy atom. The van der Waals surface area contributed by atoms with Crippen LogP contribution >= 0.6 is 23.4 Å². The van der Waals surface area contributed by atoms with Gasteiger partial charge in [-0.05, 0) is 68.7 Å². The average molecular weight is 419 g/mol. The fourth-order valence-corrected chi connectivity index (χ4v) is 4.98. The molecule has 0 N–H and O–H groups in total. The molecule has 0 aliphatic heterocycles. The molecule has 1 aromatic heterocycles. The van der Waals surface area contributed by atoms with Gasteiger partial charge in [0.1, 0.15) is 0 Å². The number of halogens is 1. The highest BCUT2D eigenvalue weighted by Crippen LogP contribution is 2.36. The highest BCUT2D eigenvalue weighted by molar-refractivity contribution is 7.99. The highest BCUT2D eigenvalue weighted by atomic mass is 35.5. The molecule has 2 fully saturated rings. The Morgan fingerprint density at radius 3 is 2.32 bits per heavy atom. The van der Waals surface area contributed by atoms with Crippen LogP contribution in [0.1, 0.15) is 45.4 Å². The first kappa shape index (κ1) is 19.8. The lowest BCUT2D eigenvalue weighted by Gasteiger charge is -2.36. The minimum absolute atomic E-state index is 0.253. The Hall–Kier alpha value is -1.53. The van der Waals surface area contributed by atoms with E-state index < -0.39 is 0 Å². The van der Waals surface area contributed by atoms with E-state index in [1.807, 2.05) is 35.9 Å². The molecule has 0 unspecified atom stereocenters. The second-order valence-corrected chi connectivity index (χ2v) is 9.49. The summed E-state index contributed by atoms with van der Waals surface area (Å²) in [5.74, 6) is 2.26. The van der Waals surface area contributed by atoms with Crippen molar-refractivity contribution in [2.75, 3.05) is 5.75 Å². The van der Waals surface area contributed by atoms with Crippen LogP contribution in [0.5, 0.6) is 0 Å². The Labute approximate surface area is 175 Å². The minimum atomic E-state index is 0.253. The van der Waals surface area contributed by atoms with Crippen molar-refractivity contribution in [1.82, 2.24) is 19.7 Å². The Kier molecular flexibility index (Phi) is 5.97.